The number of carboxylic acid groups (broad SMARTS) is 1. The average molecular weight is 195 g/mol. The zero-order valence-corrected chi connectivity index (χ0v) is 7.00. The summed E-state index contributed by atoms with van der Waals surface area (Å²) in [5, 5.41) is 11.0. The van der Waals surface area contributed by atoms with Crippen molar-refractivity contribution < 1.29 is 19.1 Å². The maximum Gasteiger partial charge on any atom is 0.338 e. The maximum absolute atomic E-state index is 13.1. The molecule has 1 heterocycles. The van der Waals surface area contributed by atoms with Crippen LogP contribution in [0.1, 0.15) is 15.9 Å². The van der Waals surface area contributed by atoms with Crippen molar-refractivity contribution in [3.63, 3.8) is 0 Å². The molecule has 1 aromatic rings. The molecule has 1 aliphatic rings. The summed E-state index contributed by atoms with van der Waals surface area (Å²) in [5.74, 6) is -2.41. The number of rotatable bonds is 1. The highest BCUT2D eigenvalue weighted by atomic mass is 19.1. The number of anilines is 1. The molecule has 0 spiro atoms. The zero-order valence-electron chi connectivity index (χ0n) is 7.00. The Morgan fingerprint density at radius 1 is 1.50 bits per heavy atom. The summed E-state index contributed by atoms with van der Waals surface area (Å²) < 4.78 is 13.1. The quantitative estimate of drug-likeness (QED) is 0.703. The molecule has 0 unspecified atom stereocenters. The SMILES string of the molecule is O=C1Cc2cc(C(=O)O)c(F)cc2N1. The predicted octanol–water partition coefficient (Wildman–Crippen LogP) is 1.02. The van der Waals surface area contributed by atoms with Crippen LogP contribution in [0.3, 0.4) is 0 Å². The molecule has 1 aliphatic heterocycles. The van der Waals surface area contributed by atoms with Crippen molar-refractivity contribution in [1.29, 1.82) is 0 Å². The predicted molar refractivity (Wildman–Crippen MR) is 45.7 cm³/mol. The fourth-order valence-electron chi connectivity index (χ4n) is 1.41. The molecular formula is C9H6FNO3. The largest absolute Gasteiger partial charge is 0.478 e. The first-order valence-electron chi connectivity index (χ1n) is 3.93. The number of fused-ring (bicyclic) bond motifs is 1. The van der Waals surface area contributed by atoms with E-state index in [9.17, 15) is 14.0 Å². The van der Waals surface area contributed by atoms with Crippen molar-refractivity contribution in [2.75, 3.05) is 5.32 Å². The van der Waals surface area contributed by atoms with Gasteiger partial charge in [-0.1, -0.05) is 0 Å². The van der Waals surface area contributed by atoms with Crippen LogP contribution in [0.4, 0.5) is 10.1 Å². The highest BCUT2D eigenvalue weighted by Gasteiger charge is 2.22. The Morgan fingerprint density at radius 2 is 2.21 bits per heavy atom. The highest BCUT2D eigenvalue weighted by Crippen LogP contribution is 2.26. The van der Waals surface area contributed by atoms with Crippen molar-refractivity contribution in [2.45, 2.75) is 6.42 Å². The molecule has 2 N–H and O–H groups in total. The third-order valence-electron chi connectivity index (χ3n) is 2.05. The standard InChI is InChI=1S/C9H6FNO3/c10-6-3-7-4(2-8(12)11-7)1-5(6)9(13)14/h1,3H,2H2,(H,11,12)(H,13,14). The molecule has 2 rings (SSSR count). The maximum atomic E-state index is 13.1. The number of hydrogen-bond donors (Lipinski definition) is 2. The number of halogens is 1. The molecule has 0 radical (unpaired) electrons. The van der Waals surface area contributed by atoms with Gasteiger partial charge in [-0.25, -0.2) is 9.18 Å². The summed E-state index contributed by atoms with van der Waals surface area (Å²) in [7, 11) is 0. The molecule has 1 amide bonds. The van der Waals surface area contributed by atoms with E-state index in [1.165, 1.54) is 6.07 Å². The zero-order chi connectivity index (χ0) is 10.3. The van der Waals surface area contributed by atoms with E-state index in [-0.39, 0.29) is 12.3 Å². The van der Waals surface area contributed by atoms with Gasteiger partial charge in [0.05, 0.1) is 12.0 Å². The lowest BCUT2D eigenvalue weighted by Crippen LogP contribution is -2.03. The van der Waals surface area contributed by atoms with Gasteiger partial charge >= 0.3 is 5.97 Å². The molecule has 1 aromatic carbocycles. The second-order valence-corrected chi connectivity index (χ2v) is 3.02. The lowest BCUT2D eigenvalue weighted by atomic mass is 10.1. The fraction of sp³-hybridized carbons (Fsp3) is 0.111. The van der Waals surface area contributed by atoms with Crippen LogP contribution in [0.25, 0.3) is 0 Å². The van der Waals surface area contributed by atoms with Gasteiger partial charge in [0.2, 0.25) is 5.91 Å². The lowest BCUT2D eigenvalue weighted by Gasteiger charge is -2.01. The molecule has 0 fully saturated rings. The van der Waals surface area contributed by atoms with Crippen LogP contribution in [0.5, 0.6) is 0 Å². The Balaban J connectivity index is 2.55. The van der Waals surface area contributed by atoms with Gasteiger partial charge in [-0.05, 0) is 17.7 Å². The van der Waals surface area contributed by atoms with Crippen molar-refractivity contribution in [3.05, 3.63) is 29.1 Å². The number of benzene rings is 1. The van der Waals surface area contributed by atoms with Crippen LogP contribution < -0.4 is 5.32 Å². The number of carboxylic acids is 1. The minimum atomic E-state index is -1.33. The van der Waals surface area contributed by atoms with Gasteiger partial charge in [0.15, 0.2) is 0 Å². The minimum absolute atomic E-state index is 0.107. The molecular weight excluding hydrogens is 189 g/mol. The molecule has 5 heteroatoms. The molecule has 0 saturated heterocycles. The topological polar surface area (TPSA) is 66.4 Å². The number of aromatic carboxylic acids is 1. The molecule has 0 aliphatic carbocycles. The van der Waals surface area contributed by atoms with Gasteiger partial charge in [0, 0.05) is 5.69 Å². The summed E-state index contributed by atoms with van der Waals surface area (Å²) in [5.41, 5.74) is 0.478. The van der Waals surface area contributed by atoms with Crippen LogP contribution in [0.15, 0.2) is 12.1 Å². The normalized spacial score (nSPS) is 13.6. The number of nitrogens with one attached hydrogen (secondary N) is 1. The van der Waals surface area contributed by atoms with Gasteiger partial charge in [0.25, 0.3) is 0 Å². The first-order valence-corrected chi connectivity index (χ1v) is 3.93. The van der Waals surface area contributed by atoms with Crippen molar-refractivity contribution in [2.24, 2.45) is 0 Å². The Bertz CT molecular complexity index is 442. The van der Waals surface area contributed by atoms with Crippen LogP contribution in [-0.2, 0) is 11.2 Å². The van der Waals surface area contributed by atoms with E-state index in [0.29, 0.717) is 11.3 Å². The molecule has 0 atom stereocenters. The van der Waals surface area contributed by atoms with Gasteiger partial charge < -0.3 is 10.4 Å². The first-order chi connectivity index (χ1) is 6.58. The molecule has 4 nitrogen and oxygen atoms in total. The highest BCUT2D eigenvalue weighted by molar-refractivity contribution is 6.00. The summed E-state index contributed by atoms with van der Waals surface area (Å²) in [6, 6.07) is 2.22. The number of carbonyl (C=O) groups is 2. The fourth-order valence-corrected chi connectivity index (χ4v) is 1.41. The van der Waals surface area contributed by atoms with Crippen LogP contribution in [-0.4, -0.2) is 17.0 Å². The monoisotopic (exact) mass is 195 g/mol. The Hall–Kier alpha value is -1.91. The van der Waals surface area contributed by atoms with Gasteiger partial charge in [-0.2, -0.15) is 0 Å². The van der Waals surface area contributed by atoms with Crippen LogP contribution in [0, 0.1) is 5.82 Å². The van der Waals surface area contributed by atoms with Gasteiger partial charge in [-0.3, -0.25) is 4.79 Å². The summed E-state index contributed by atoms with van der Waals surface area (Å²) >= 11 is 0. The molecule has 0 bridgehead atoms. The third kappa shape index (κ3) is 1.22. The van der Waals surface area contributed by atoms with Crippen molar-refractivity contribution in [3.8, 4) is 0 Å². The summed E-state index contributed by atoms with van der Waals surface area (Å²) in [6.45, 7) is 0. The smallest absolute Gasteiger partial charge is 0.338 e. The van der Waals surface area contributed by atoms with Gasteiger partial charge in [0.1, 0.15) is 5.82 Å². The summed E-state index contributed by atoms with van der Waals surface area (Å²) in [6.07, 6.45) is 0.107. The third-order valence-corrected chi connectivity index (χ3v) is 2.05. The number of hydrogen-bond acceptors (Lipinski definition) is 2. The van der Waals surface area contributed by atoms with E-state index >= 15 is 0 Å². The van der Waals surface area contributed by atoms with E-state index in [1.54, 1.807) is 0 Å². The van der Waals surface area contributed by atoms with Gasteiger partial charge in [-0.15, -0.1) is 0 Å². The minimum Gasteiger partial charge on any atom is -0.478 e. The van der Waals surface area contributed by atoms with E-state index in [4.69, 9.17) is 5.11 Å². The Morgan fingerprint density at radius 3 is 2.86 bits per heavy atom. The van der Waals surface area contributed by atoms with E-state index in [2.05, 4.69) is 5.32 Å². The second kappa shape index (κ2) is 2.80. The lowest BCUT2D eigenvalue weighted by molar-refractivity contribution is -0.115. The van der Waals surface area contributed by atoms with Crippen LogP contribution in [0.2, 0.25) is 0 Å². The number of carbonyl (C=O) groups excluding carboxylic acids is 1. The molecule has 14 heavy (non-hydrogen) atoms. The second-order valence-electron chi connectivity index (χ2n) is 3.02. The molecule has 72 valence electrons. The number of amides is 1. The first kappa shape index (κ1) is 8.68. The molecule has 0 aromatic heterocycles. The van der Waals surface area contributed by atoms with Crippen LogP contribution >= 0.6 is 0 Å². The Kier molecular flexibility index (Phi) is 1.73. The Labute approximate surface area is 78.4 Å². The van der Waals surface area contributed by atoms with Crippen molar-refractivity contribution in [1.82, 2.24) is 0 Å². The van der Waals surface area contributed by atoms with E-state index in [1.807, 2.05) is 0 Å². The summed E-state index contributed by atoms with van der Waals surface area (Å²) in [4.78, 5) is 21.5. The van der Waals surface area contributed by atoms with Crippen molar-refractivity contribution >= 4 is 17.6 Å². The molecule has 0 saturated carbocycles. The van der Waals surface area contributed by atoms with E-state index < -0.39 is 17.3 Å². The average Bonchev–Trinajstić information content (AvgIpc) is 2.42. The van der Waals surface area contributed by atoms with E-state index in [0.717, 1.165) is 6.07 Å².